The van der Waals surface area contributed by atoms with Crippen molar-refractivity contribution in [3.8, 4) is 0 Å². The third-order valence-corrected chi connectivity index (χ3v) is 2.02. The second-order valence-corrected chi connectivity index (χ2v) is 3.96. The van der Waals surface area contributed by atoms with Gasteiger partial charge in [-0.1, -0.05) is 33.6 Å². The minimum atomic E-state index is -0.0585. The fourth-order valence-electron chi connectivity index (χ4n) is 1.30. The minimum absolute atomic E-state index is 0.0585. The summed E-state index contributed by atoms with van der Waals surface area (Å²) in [6.45, 7) is 7.37. The van der Waals surface area contributed by atoms with E-state index >= 15 is 0 Å². The van der Waals surface area contributed by atoms with Gasteiger partial charge in [0, 0.05) is 0 Å². The van der Waals surface area contributed by atoms with Gasteiger partial charge in [0.05, 0.1) is 6.04 Å². The van der Waals surface area contributed by atoms with Gasteiger partial charge in [-0.2, -0.15) is 0 Å². The summed E-state index contributed by atoms with van der Waals surface area (Å²) in [6, 6.07) is -0.0585. The number of nitrogens with one attached hydrogen (secondary N) is 1. The molecule has 0 bridgehead atoms. The molecule has 0 amide bonds. The Morgan fingerprint density at radius 1 is 1.31 bits per heavy atom. The van der Waals surface area contributed by atoms with Crippen LogP contribution in [0.5, 0.6) is 0 Å². The number of unbranched alkanes of at least 4 members (excludes halogenated alkanes) is 2. The first-order valence-corrected chi connectivity index (χ1v) is 5.31. The van der Waals surface area contributed by atoms with Gasteiger partial charge in [0.15, 0.2) is 0 Å². The highest BCUT2D eigenvalue weighted by molar-refractivity contribution is 5.58. The third kappa shape index (κ3) is 7.97. The van der Waals surface area contributed by atoms with Gasteiger partial charge in [-0.05, 0) is 25.3 Å². The Morgan fingerprint density at radius 3 is 2.46 bits per heavy atom. The summed E-state index contributed by atoms with van der Waals surface area (Å²) >= 11 is 0. The van der Waals surface area contributed by atoms with Gasteiger partial charge in [0.2, 0.25) is 6.29 Å². The van der Waals surface area contributed by atoms with Gasteiger partial charge in [-0.25, -0.2) is 0 Å². The minimum Gasteiger partial charge on any atom is -0.307 e. The zero-order valence-corrected chi connectivity index (χ0v) is 9.10. The van der Waals surface area contributed by atoms with Crippen molar-refractivity contribution in [1.29, 1.82) is 0 Å². The van der Waals surface area contributed by atoms with E-state index in [1.807, 2.05) is 6.29 Å². The molecule has 0 unspecified atom stereocenters. The Bertz CT molecular complexity index is 123. The maximum Gasteiger partial charge on any atom is 0.216 e. The molecule has 0 aliphatic rings. The summed E-state index contributed by atoms with van der Waals surface area (Å²) in [7, 11) is 0. The molecule has 0 saturated heterocycles. The summed E-state index contributed by atoms with van der Waals surface area (Å²) in [5.74, 6) is 0.560. The second kappa shape index (κ2) is 8.24. The zero-order chi connectivity index (χ0) is 10.1. The van der Waals surface area contributed by atoms with Crippen molar-refractivity contribution in [3.63, 3.8) is 0 Å². The van der Waals surface area contributed by atoms with Crippen LogP contribution in [0, 0.1) is 5.92 Å². The van der Waals surface area contributed by atoms with Crippen LogP contribution in [0.15, 0.2) is 0 Å². The first-order chi connectivity index (χ1) is 6.20. The van der Waals surface area contributed by atoms with E-state index < -0.39 is 0 Å². The van der Waals surface area contributed by atoms with Gasteiger partial charge in [-0.15, -0.1) is 0 Å². The third-order valence-electron chi connectivity index (χ3n) is 2.02. The van der Waals surface area contributed by atoms with E-state index in [0.29, 0.717) is 5.92 Å². The smallest absolute Gasteiger partial charge is 0.216 e. The van der Waals surface area contributed by atoms with Gasteiger partial charge in [-0.3, -0.25) is 4.79 Å². The second-order valence-electron chi connectivity index (χ2n) is 3.96. The maximum atomic E-state index is 10.5. The van der Waals surface area contributed by atoms with Crippen LogP contribution in [0.1, 0.15) is 46.5 Å². The molecule has 0 aliphatic heterocycles. The Hall–Kier alpha value is -0.370. The van der Waals surface area contributed by atoms with Crippen molar-refractivity contribution >= 4 is 6.29 Å². The molecule has 77 valence electrons. The van der Waals surface area contributed by atoms with Gasteiger partial charge in [0.1, 0.15) is 0 Å². The predicted molar refractivity (Wildman–Crippen MR) is 56.5 cm³/mol. The molecule has 0 aliphatic carbocycles. The number of rotatable bonds is 8. The van der Waals surface area contributed by atoms with E-state index in [0.717, 1.165) is 19.4 Å². The van der Waals surface area contributed by atoms with Gasteiger partial charge < -0.3 is 5.32 Å². The molecule has 0 aromatic rings. The molecule has 0 heterocycles. The number of carbonyl (C=O) groups excluding carboxylic acids is 1. The molecule has 1 radical (unpaired) electrons. The van der Waals surface area contributed by atoms with Crippen LogP contribution in [0.2, 0.25) is 0 Å². The average Bonchev–Trinajstić information content (AvgIpc) is 2.09. The summed E-state index contributed by atoms with van der Waals surface area (Å²) in [4.78, 5) is 10.5. The Balaban J connectivity index is 3.42. The lowest BCUT2D eigenvalue weighted by Gasteiger charge is -2.13. The van der Waals surface area contributed by atoms with Gasteiger partial charge in [0.25, 0.3) is 0 Å². The molecule has 0 fully saturated rings. The Labute approximate surface area is 82.1 Å². The van der Waals surface area contributed by atoms with Crippen LogP contribution in [-0.4, -0.2) is 18.9 Å². The van der Waals surface area contributed by atoms with E-state index in [1.54, 1.807) is 0 Å². The molecule has 1 N–H and O–H groups in total. The SMILES string of the molecule is CCCCCN[C@H]([C]=O)CC(C)C. The van der Waals surface area contributed by atoms with Crippen molar-refractivity contribution in [2.45, 2.75) is 52.5 Å². The predicted octanol–water partition coefficient (Wildman–Crippen LogP) is 2.29. The normalized spacial score (nSPS) is 13.2. The standard InChI is InChI=1S/C11H22NO/c1-4-5-6-7-12-11(9-13)8-10(2)3/h10-12H,4-8H2,1-3H3/t11-/m0/s1. The molecular formula is C11H22NO. The van der Waals surface area contributed by atoms with Crippen LogP contribution in [-0.2, 0) is 4.79 Å². The lowest BCUT2D eigenvalue weighted by atomic mass is 10.0. The molecule has 2 heteroatoms. The van der Waals surface area contributed by atoms with E-state index in [1.165, 1.54) is 12.8 Å². The van der Waals surface area contributed by atoms with E-state index in [-0.39, 0.29) is 6.04 Å². The first-order valence-electron chi connectivity index (χ1n) is 5.31. The highest BCUT2D eigenvalue weighted by atomic mass is 16.1. The van der Waals surface area contributed by atoms with E-state index in [9.17, 15) is 4.79 Å². The van der Waals surface area contributed by atoms with Crippen molar-refractivity contribution in [3.05, 3.63) is 0 Å². The summed E-state index contributed by atoms with van der Waals surface area (Å²) in [5.41, 5.74) is 0. The van der Waals surface area contributed by atoms with Crippen LogP contribution >= 0.6 is 0 Å². The molecule has 1 atom stereocenters. The van der Waals surface area contributed by atoms with Crippen molar-refractivity contribution in [2.75, 3.05) is 6.54 Å². The fourth-order valence-corrected chi connectivity index (χ4v) is 1.30. The molecule has 0 aromatic heterocycles. The first kappa shape index (κ1) is 12.6. The summed E-state index contributed by atoms with van der Waals surface area (Å²) in [6.07, 6.45) is 6.57. The number of hydrogen-bond donors (Lipinski definition) is 1. The molecule has 0 saturated carbocycles. The van der Waals surface area contributed by atoms with Crippen LogP contribution in [0.3, 0.4) is 0 Å². The molecule has 13 heavy (non-hydrogen) atoms. The molecule has 0 rings (SSSR count). The molecule has 0 aromatic carbocycles. The summed E-state index contributed by atoms with van der Waals surface area (Å²) in [5, 5.41) is 3.21. The Kier molecular flexibility index (Phi) is 8.00. The van der Waals surface area contributed by atoms with Crippen LogP contribution < -0.4 is 5.32 Å². The highest BCUT2D eigenvalue weighted by Crippen LogP contribution is 2.03. The van der Waals surface area contributed by atoms with Crippen molar-refractivity contribution in [2.24, 2.45) is 5.92 Å². The van der Waals surface area contributed by atoms with Gasteiger partial charge >= 0.3 is 0 Å². The lowest BCUT2D eigenvalue weighted by Crippen LogP contribution is -2.32. The maximum absolute atomic E-state index is 10.5. The topological polar surface area (TPSA) is 29.1 Å². The highest BCUT2D eigenvalue weighted by Gasteiger charge is 2.08. The number of hydrogen-bond acceptors (Lipinski definition) is 2. The molecule has 0 spiro atoms. The average molecular weight is 184 g/mol. The summed E-state index contributed by atoms with van der Waals surface area (Å²) < 4.78 is 0. The lowest BCUT2D eigenvalue weighted by molar-refractivity contribution is 0.452. The molecule has 2 nitrogen and oxygen atoms in total. The van der Waals surface area contributed by atoms with Crippen LogP contribution in [0.25, 0.3) is 0 Å². The Morgan fingerprint density at radius 2 is 2.00 bits per heavy atom. The largest absolute Gasteiger partial charge is 0.307 e. The quantitative estimate of drug-likeness (QED) is 0.586. The van der Waals surface area contributed by atoms with Crippen molar-refractivity contribution < 1.29 is 4.79 Å². The monoisotopic (exact) mass is 184 g/mol. The van der Waals surface area contributed by atoms with E-state index in [2.05, 4.69) is 26.1 Å². The van der Waals surface area contributed by atoms with E-state index in [4.69, 9.17) is 0 Å². The molecular weight excluding hydrogens is 162 g/mol. The van der Waals surface area contributed by atoms with Crippen LogP contribution in [0.4, 0.5) is 0 Å². The van der Waals surface area contributed by atoms with Crippen molar-refractivity contribution in [1.82, 2.24) is 5.32 Å². The zero-order valence-electron chi connectivity index (χ0n) is 9.10. The fraction of sp³-hybridized carbons (Fsp3) is 0.909.